The fourth-order valence-electron chi connectivity index (χ4n) is 2.23. The summed E-state index contributed by atoms with van der Waals surface area (Å²) in [5, 5.41) is 15.7. The lowest BCUT2D eigenvalue weighted by Gasteiger charge is -2.34. The van der Waals surface area contributed by atoms with Gasteiger partial charge in [0.05, 0.1) is 24.0 Å². The molecule has 5 heteroatoms. The lowest BCUT2D eigenvalue weighted by molar-refractivity contribution is 0.00227. The van der Waals surface area contributed by atoms with Crippen molar-refractivity contribution in [1.29, 1.82) is 0 Å². The van der Waals surface area contributed by atoms with Gasteiger partial charge < -0.3 is 9.84 Å². The highest BCUT2D eigenvalue weighted by Gasteiger charge is 2.46. The molecule has 5 nitrogen and oxygen atoms in total. The Balaban J connectivity index is 2.34. The van der Waals surface area contributed by atoms with Gasteiger partial charge in [-0.15, -0.1) is 0 Å². The first-order valence-electron chi connectivity index (χ1n) is 6.77. The van der Waals surface area contributed by atoms with E-state index in [2.05, 4.69) is 5.10 Å². The highest BCUT2D eigenvalue weighted by Crippen LogP contribution is 2.33. The molecule has 20 heavy (non-hydrogen) atoms. The number of benzene rings is 1. The Morgan fingerprint density at radius 3 is 2.70 bits per heavy atom. The minimum Gasteiger partial charge on any atom is -0.448 e. The van der Waals surface area contributed by atoms with E-state index in [0.29, 0.717) is 6.42 Å². The van der Waals surface area contributed by atoms with Crippen molar-refractivity contribution >= 4 is 11.8 Å². The van der Waals surface area contributed by atoms with Crippen molar-refractivity contribution in [2.45, 2.75) is 38.8 Å². The summed E-state index contributed by atoms with van der Waals surface area (Å²) < 4.78 is 5.02. The van der Waals surface area contributed by atoms with Gasteiger partial charge in [0.15, 0.2) is 0 Å². The fourth-order valence-corrected chi connectivity index (χ4v) is 2.23. The number of hydrogen-bond acceptors (Lipinski definition) is 4. The number of aliphatic hydroxyl groups excluding tert-OH is 1. The Morgan fingerprint density at radius 1 is 1.50 bits per heavy atom. The Kier molecular flexibility index (Phi) is 4.09. The molecule has 1 aromatic carbocycles. The average Bonchev–Trinajstić information content (AvgIpc) is 2.80. The summed E-state index contributed by atoms with van der Waals surface area (Å²) in [5.74, 6) is 0. The maximum absolute atomic E-state index is 12.0. The molecule has 0 aliphatic carbocycles. The van der Waals surface area contributed by atoms with Crippen LogP contribution in [0.3, 0.4) is 0 Å². The predicted octanol–water partition coefficient (Wildman–Crippen LogP) is 2.39. The molecule has 108 valence electrons. The molecule has 2 atom stereocenters. The number of nitrogens with zero attached hydrogens (tertiary/aromatic N) is 2. The van der Waals surface area contributed by atoms with Crippen molar-refractivity contribution in [1.82, 2.24) is 5.01 Å². The summed E-state index contributed by atoms with van der Waals surface area (Å²) in [4.78, 5) is 12.0. The Labute approximate surface area is 118 Å². The van der Waals surface area contributed by atoms with E-state index in [1.54, 1.807) is 13.8 Å². The molecule has 0 radical (unpaired) electrons. The minimum absolute atomic E-state index is 0.279. The quantitative estimate of drug-likeness (QED) is 0.922. The minimum atomic E-state index is -0.780. The van der Waals surface area contributed by atoms with Gasteiger partial charge in [-0.3, -0.25) is 0 Å². The smallest absolute Gasteiger partial charge is 0.431 e. The zero-order valence-corrected chi connectivity index (χ0v) is 12.0. The first-order chi connectivity index (χ1) is 9.49. The van der Waals surface area contributed by atoms with Gasteiger partial charge in [-0.05, 0) is 26.3 Å². The van der Waals surface area contributed by atoms with Crippen molar-refractivity contribution in [2.24, 2.45) is 5.10 Å². The van der Waals surface area contributed by atoms with Gasteiger partial charge in [0, 0.05) is 6.42 Å². The van der Waals surface area contributed by atoms with Gasteiger partial charge in [-0.1, -0.05) is 30.3 Å². The molecular weight excluding hydrogens is 256 g/mol. The van der Waals surface area contributed by atoms with Crippen LogP contribution in [-0.4, -0.2) is 40.2 Å². The summed E-state index contributed by atoms with van der Waals surface area (Å²) in [7, 11) is 0. The number of hydrazone groups is 1. The Hall–Kier alpha value is -1.88. The molecule has 1 aromatic rings. The highest BCUT2D eigenvalue weighted by atomic mass is 16.6. The van der Waals surface area contributed by atoms with Crippen LogP contribution in [-0.2, 0) is 4.74 Å². The average molecular weight is 276 g/mol. The molecule has 1 aliphatic heterocycles. The molecule has 0 bridgehead atoms. The molecule has 1 aliphatic rings. The second kappa shape index (κ2) is 5.63. The SMILES string of the molecule is CCOC(=O)N1N=C(c2ccccc2)CC1(C)C(C)O. The molecule has 1 heterocycles. The third-order valence-electron chi connectivity index (χ3n) is 3.68. The van der Waals surface area contributed by atoms with Crippen LogP contribution in [0.2, 0.25) is 0 Å². The van der Waals surface area contributed by atoms with E-state index in [1.807, 2.05) is 37.3 Å². The van der Waals surface area contributed by atoms with Crippen LogP contribution < -0.4 is 0 Å². The standard InChI is InChI=1S/C15H20N2O3/c1-4-20-14(19)17-15(3,11(2)18)10-13(16-17)12-8-6-5-7-9-12/h5-9,11,18H,4,10H2,1-3H3. The van der Waals surface area contributed by atoms with E-state index in [0.717, 1.165) is 11.3 Å². The lowest BCUT2D eigenvalue weighted by Crippen LogP contribution is -2.51. The molecule has 0 fully saturated rings. The van der Waals surface area contributed by atoms with Gasteiger partial charge in [-0.25, -0.2) is 4.79 Å². The van der Waals surface area contributed by atoms with E-state index in [-0.39, 0.29) is 6.61 Å². The monoisotopic (exact) mass is 276 g/mol. The normalized spacial score (nSPS) is 23.4. The number of amides is 1. The van der Waals surface area contributed by atoms with Crippen molar-refractivity contribution in [3.63, 3.8) is 0 Å². The van der Waals surface area contributed by atoms with E-state index in [1.165, 1.54) is 5.01 Å². The Bertz CT molecular complexity index is 513. The van der Waals surface area contributed by atoms with Crippen LogP contribution >= 0.6 is 0 Å². The van der Waals surface area contributed by atoms with Crippen LogP contribution in [0.4, 0.5) is 4.79 Å². The first-order valence-corrected chi connectivity index (χ1v) is 6.77. The third kappa shape index (κ3) is 2.54. The largest absolute Gasteiger partial charge is 0.448 e. The van der Waals surface area contributed by atoms with Crippen molar-refractivity contribution in [2.75, 3.05) is 6.61 Å². The number of aliphatic hydroxyl groups is 1. The predicted molar refractivity (Wildman–Crippen MR) is 76.5 cm³/mol. The summed E-state index contributed by atoms with van der Waals surface area (Å²) in [6, 6.07) is 9.65. The molecule has 1 N–H and O–H groups in total. The van der Waals surface area contributed by atoms with Crippen LogP contribution in [0.25, 0.3) is 0 Å². The second-order valence-corrected chi connectivity index (χ2v) is 5.13. The first kappa shape index (κ1) is 14.5. The fraction of sp³-hybridized carbons (Fsp3) is 0.467. The van der Waals surface area contributed by atoms with Gasteiger partial charge in [-0.2, -0.15) is 10.1 Å². The van der Waals surface area contributed by atoms with Crippen molar-refractivity contribution in [3.8, 4) is 0 Å². The molecule has 0 saturated heterocycles. The number of carbonyl (C=O) groups excluding carboxylic acids is 1. The molecule has 0 saturated carbocycles. The maximum atomic E-state index is 12.0. The summed E-state index contributed by atoms with van der Waals surface area (Å²) in [6.45, 7) is 5.50. The number of ether oxygens (including phenoxy) is 1. The molecule has 2 unspecified atom stereocenters. The van der Waals surface area contributed by atoms with Crippen molar-refractivity contribution in [3.05, 3.63) is 35.9 Å². The molecule has 0 aromatic heterocycles. The molecular formula is C15H20N2O3. The van der Waals surface area contributed by atoms with E-state index < -0.39 is 17.7 Å². The molecule has 2 rings (SSSR count). The van der Waals surface area contributed by atoms with Crippen LogP contribution in [0, 0.1) is 0 Å². The van der Waals surface area contributed by atoms with Crippen LogP contribution in [0.1, 0.15) is 32.8 Å². The van der Waals surface area contributed by atoms with Gasteiger partial charge in [0.1, 0.15) is 0 Å². The van der Waals surface area contributed by atoms with Gasteiger partial charge >= 0.3 is 6.09 Å². The maximum Gasteiger partial charge on any atom is 0.431 e. The van der Waals surface area contributed by atoms with E-state index >= 15 is 0 Å². The summed E-state index contributed by atoms with van der Waals surface area (Å²) in [5.41, 5.74) is 0.950. The highest BCUT2D eigenvalue weighted by molar-refractivity contribution is 6.03. The lowest BCUT2D eigenvalue weighted by atomic mass is 9.88. The van der Waals surface area contributed by atoms with Gasteiger partial charge in [0.2, 0.25) is 0 Å². The number of rotatable bonds is 3. The van der Waals surface area contributed by atoms with Gasteiger partial charge in [0.25, 0.3) is 0 Å². The van der Waals surface area contributed by atoms with Crippen LogP contribution in [0.15, 0.2) is 35.4 Å². The van der Waals surface area contributed by atoms with E-state index in [9.17, 15) is 9.90 Å². The number of hydrogen-bond donors (Lipinski definition) is 1. The zero-order chi connectivity index (χ0) is 14.8. The molecule has 0 spiro atoms. The topological polar surface area (TPSA) is 62.1 Å². The Morgan fingerprint density at radius 2 is 2.15 bits per heavy atom. The van der Waals surface area contributed by atoms with E-state index in [4.69, 9.17) is 4.74 Å². The van der Waals surface area contributed by atoms with Crippen molar-refractivity contribution < 1.29 is 14.6 Å². The number of carbonyl (C=O) groups is 1. The molecule has 1 amide bonds. The third-order valence-corrected chi connectivity index (χ3v) is 3.68. The van der Waals surface area contributed by atoms with Crippen LogP contribution in [0.5, 0.6) is 0 Å². The summed E-state index contributed by atoms with van der Waals surface area (Å²) >= 11 is 0. The summed E-state index contributed by atoms with van der Waals surface area (Å²) in [6.07, 6.45) is -0.744. The zero-order valence-electron chi connectivity index (χ0n) is 12.0. The second-order valence-electron chi connectivity index (χ2n) is 5.13.